The van der Waals surface area contributed by atoms with Gasteiger partial charge in [-0.15, -0.1) is 11.3 Å². The summed E-state index contributed by atoms with van der Waals surface area (Å²) in [5, 5.41) is 5.30. The Morgan fingerprint density at radius 1 is 1.39 bits per heavy atom. The van der Waals surface area contributed by atoms with Crippen LogP contribution in [-0.4, -0.2) is 51.1 Å². The second kappa shape index (κ2) is 7.12. The highest BCUT2D eigenvalue weighted by Gasteiger charge is 2.22. The first-order valence-electron chi connectivity index (χ1n) is 7.49. The fraction of sp³-hybridized carbons (Fsp3) is 0.467. The van der Waals surface area contributed by atoms with Gasteiger partial charge in [-0.1, -0.05) is 0 Å². The fourth-order valence-electron chi connectivity index (χ4n) is 2.66. The summed E-state index contributed by atoms with van der Waals surface area (Å²) in [7, 11) is 0. The summed E-state index contributed by atoms with van der Waals surface area (Å²) in [6.45, 7) is 6.70. The van der Waals surface area contributed by atoms with Crippen LogP contribution >= 0.6 is 11.3 Å². The average Bonchev–Trinajstić information content (AvgIpc) is 2.94. The number of carbonyl (C=O) groups excluding carboxylic acids is 1. The van der Waals surface area contributed by atoms with Crippen molar-refractivity contribution in [1.82, 2.24) is 19.9 Å². The van der Waals surface area contributed by atoms with Gasteiger partial charge < -0.3 is 4.74 Å². The Kier molecular flexibility index (Phi) is 4.94. The SMILES string of the molecule is CC1CN(Cc2csc(NC(=O)c3cnccn3)n2)CC(C)O1. The van der Waals surface area contributed by atoms with Gasteiger partial charge in [-0.25, -0.2) is 9.97 Å². The Morgan fingerprint density at radius 2 is 2.17 bits per heavy atom. The lowest BCUT2D eigenvalue weighted by atomic mass is 10.2. The van der Waals surface area contributed by atoms with Crippen LogP contribution in [0.3, 0.4) is 0 Å². The molecule has 0 aromatic carbocycles. The molecule has 0 saturated carbocycles. The van der Waals surface area contributed by atoms with E-state index in [1.165, 1.54) is 29.9 Å². The lowest BCUT2D eigenvalue weighted by Gasteiger charge is -2.34. The number of amides is 1. The highest BCUT2D eigenvalue weighted by atomic mass is 32.1. The predicted octanol–water partition coefficient (Wildman–Crippen LogP) is 1.79. The maximum absolute atomic E-state index is 12.0. The van der Waals surface area contributed by atoms with E-state index in [4.69, 9.17) is 4.74 Å². The lowest BCUT2D eigenvalue weighted by Crippen LogP contribution is -2.44. The van der Waals surface area contributed by atoms with Crippen molar-refractivity contribution in [2.75, 3.05) is 18.4 Å². The summed E-state index contributed by atoms with van der Waals surface area (Å²) in [6, 6.07) is 0. The van der Waals surface area contributed by atoms with E-state index in [2.05, 4.69) is 39.0 Å². The van der Waals surface area contributed by atoms with Crippen LogP contribution in [0, 0.1) is 0 Å². The molecular weight excluding hydrogens is 314 g/mol. The van der Waals surface area contributed by atoms with Crippen LogP contribution in [0.1, 0.15) is 30.0 Å². The molecule has 3 rings (SSSR count). The van der Waals surface area contributed by atoms with E-state index >= 15 is 0 Å². The molecule has 8 heteroatoms. The van der Waals surface area contributed by atoms with Gasteiger partial charge in [-0.2, -0.15) is 0 Å². The third kappa shape index (κ3) is 4.31. The number of ether oxygens (including phenoxy) is 1. The highest BCUT2D eigenvalue weighted by Crippen LogP contribution is 2.19. The quantitative estimate of drug-likeness (QED) is 0.919. The summed E-state index contributed by atoms with van der Waals surface area (Å²) < 4.78 is 5.73. The van der Waals surface area contributed by atoms with Crippen molar-refractivity contribution in [3.63, 3.8) is 0 Å². The molecule has 0 bridgehead atoms. The minimum atomic E-state index is -0.299. The molecule has 0 aliphatic carbocycles. The lowest BCUT2D eigenvalue weighted by molar-refractivity contribution is -0.0707. The number of hydrogen-bond acceptors (Lipinski definition) is 7. The molecule has 2 atom stereocenters. The number of hydrogen-bond donors (Lipinski definition) is 1. The molecule has 1 aliphatic rings. The molecule has 23 heavy (non-hydrogen) atoms. The number of nitrogens with one attached hydrogen (secondary N) is 1. The van der Waals surface area contributed by atoms with Crippen molar-refractivity contribution in [1.29, 1.82) is 0 Å². The standard InChI is InChI=1S/C15H19N5O2S/c1-10-6-20(7-11(2)22-10)8-12-9-23-15(18-12)19-14(21)13-5-16-3-4-17-13/h3-5,9-11H,6-8H2,1-2H3,(H,18,19,21). The number of rotatable bonds is 4. The Morgan fingerprint density at radius 3 is 2.87 bits per heavy atom. The second-order valence-electron chi connectivity index (χ2n) is 5.64. The first-order valence-corrected chi connectivity index (χ1v) is 8.37. The topological polar surface area (TPSA) is 80.2 Å². The van der Waals surface area contributed by atoms with Gasteiger partial charge in [0.15, 0.2) is 5.13 Å². The van der Waals surface area contributed by atoms with Crippen molar-refractivity contribution in [2.24, 2.45) is 0 Å². The van der Waals surface area contributed by atoms with Gasteiger partial charge >= 0.3 is 0 Å². The highest BCUT2D eigenvalue weighted by molar-refractivity contribution is 7.13. The Balaban J connectivity index is 1.59. The third-order valence-corrected chi connectivity index (χ3v) is 4.26. The van der Waals surface area contributed by atoms with Gasteiger partial charge in [0, 0.05) is 37.4 Å². The first-order chi connectivity index (χ1) is 11.1. The summed E-state index contributed by atoms with van der Waals surface area (Å²) in [4.78, 5) is 26.7. The molecule has 3 heterocycles. The number of thiazole rings is 1. The molecule has 2 aromatic heterocycles. The molecule has 1 saturated heterocycles. The number of nitrogens with zero attached hydrogens (tertiary/aromatic N) is 4. The zero-order chi connectivity index (χ0) is 16.2. The van der Waals surface area contributed by atoms with Gasteiger partial charge in [-0.3, -0.25) is 20.0 Å². The van der Waals surface area contributed by atoms with E-state index in [1.54, 1.807) is 0 Å². The number of aromatic nitrogens is 3. The molecule has 1 fully saturated rings. The van der Waals surface area contributed by atoms with Crippen LogP contribution in [0.5, 0.6) is 0 Å². The zero-order valence-corrected chi connectivity index (χ0v) is 13.9. The smallest absolute Gasteiger partial charge is 0.277 e. The van der Waals surface area contributed by atoms with Gasteiger partial charge in [0.25, 0.3) is 5.91 Å². The van der Waals surface area contributed by atoms with Crippen LogP contribution < -0.4 is 5.32 Å². The maximum atomic E-state index is 12.0. The summed E-state index contributed by atoms with van der Waals surface area (Å²) in [5.41, 5.74) is 1.23. The van der Waals surface area contributed by atoms with Crippen LogP contribution in [0.25, 0.3) is 0 Å². The van der Waals surface area contributed by atoms with Crippen LogP contribution in [0.4, 0.5) is 5.13 Å². The molecular formula is C15H19N5O2S. The minimum Gasteiger partial charge on any atom is -0.373 e. The van der Waals surface area contributed by atoms with Crippen LogP contribution in [0.15, 0.2) is 24.0 Å². The maximum Gasteiger partial charge on any atom is 0.277 e. The van der Waals surface area contributed by atoms with Crippen molar-refractivity contribution in [3.05, 3.63) is 35.4 Å². The van der Waals surface area contributed by atoms with E-state index in [0.717, 1.165) is 25.3 Å². The Bertz CT molecular complexity index is 653. The molecule has 0 radical (unpaired) electrons. The average molecular weight is 333 g/mol. The first kappa shape index (κ1) is 16.0. The van der Waals surface area contributed by atoms with Gasteiger partial charge in [0.05, 0.1) is 24.1 Å². The van der Waals surface area contributed by atoms with Crippen molar-refractivity contribution in [2.45, 2.75) is 32.6 Å². The summed E-state index contributed by atoms with van der Waals surface area (Å²) in [6.07, 6.45) is 4.91. The Labute approximate surface area is 138 Å². The molecule has 122 valence electrons. The van der Waals surface area contributed by atoms with Crippen molar-refractivity contribution >= 4 is 22.4 Å². The van der Waals surface area contributed by atoms with Crippen LogP contribution in [0.2, 0.25) is 0 Å². The number of carbonyl (C=O) groups is 1. The molecule has 1 aliphatic heterocycles. The second-order valence-corrected chi connectivity index (χ2v) is 6.50. The van der Waals surface area contributed by atoms with Gasteiger partial charge in [0.1, 0.15) is 5.69 Å². The molecule has 7 nitrogen and oxygen atoms in total. The predicted molar refractivity (Wildman–Crippen MR) is 87.4 cm³/mol. The van der Waals surface area contributed by atoms with E-state index in [9.17, 15) is 4.79 Å². The molecule has 2 aromatic rings. The fourth-order valence-corrected chi connectivity index (χ4v) is 3.35. The van der Waals surface area contributed by atoms with Gasteiger partial charge in [0.2, 0.25) is 0 Å². The van der Waals surface area contributed by atoms with Crippen molar-refractivity contribution in [3.8, 4) is 0 Å². The van der Waals surface area contributed by atoms with E-state index in [-0.39, 0.29) is 23.8 Å². The van der Waals surface area contributed by atoms with Crippen molar-refractivity contribution < 1.29 is 9.53 Å². The molecule has 2 unspecified atom stereocenters. The monoisotopic (exact) mass is 333 g/mol. The normalized spacial score (nSPS) is 22.0. The zero-order valence-electron chi connectivity index (χ0n) is 13.1. The largest absolute Gasteiger partial charge is 0.373 e. The molecule has 1 N–H and O–H groups in total. The number of morpholine rings is 1. The molecule has 0 spiro atoms. The minimum absolute atomic E-state index is 0.230. The van der Waals surface area contributed by atoms with E-state index in [1.807, 2.05) is 5.38 Å². The molecule has 1 amide bonds. The van der Waals surface area contributed by atoms with E-state index in [0.29, 0.717) is 5.13 Å². The summed E-state index contributed by atoms with van der Waals surface area (Å²) >= 11 is 1.41. The number of anilines is 1. The van der Waals surface area contributed by atoms with E-state index < -0.39 is 0 Å². The summed E-state index contributed by atoms with van der Waals surface area (Å²) in [5.74, 6) is -0.299. The Hall–Kier alpha value is -1.90. The third-order valence-electron chi connectivity index (χ3n) is 3.45. The van der Waals surface area contributed by atoms with Gasteiger partial charge in [-0.05, 0) is 13.8 Å². The van der Waals surface area contributed by atoms with Crippen LogP contribution in [-0.2, 0) is 11.3 Å².